The van der Waals surface area contributed by atoms with Crippen LogP contribution in [0.25, 0.3) is 27.4 Å². The van der Waals surface area contributed by atoms with Crippen LogP contribution in [-0.4, -0.2) is 39.5 Å². The number of aryl methyl sites for hydroxylation is 1. The first-order valence-electron chi connectivity index (χ1n) is 11.3. The first-order valence-corrected chi connectivity index (χ1v) is 12.3. The number of pyridine rings is 1. The first-order chi connectivity index (χ1) is 18.3. The van der Waals surface area contributed by atoms with E-state index in [2.05, 4.69) is 20.9 Å². The van der Waals surface area contributed by atoms with E-state index in [0.717, 1.165) is 0 Å². The van der Waals surface area contributed by atoms with Crippen LogP contribution in [0.2, 0.25) is 0 Å². The van der Waals surface area contributed by atoms with Crippen molar-refractivity contribution in [1.82, 2.24) is 9.97 Å². The summed E-state index contributed by atoms with van der Waals surface area (Å²) in [5, 5.41) is 28.8. The van der Waals surface area contributed by atoms with Crippen molar-refractivity contribution in [3.63, 3.8) is 0 Å². The summed E-state index contributed by atoms with van der Waals surface area (Å²) < 4.78 is 24.5. The SMILES string of the molecule is [C-]#[N+]c1c(N)nc(SCc2nc(-c3ccc(F)cc3)oc2C)c(C#N)c1-c1ccc(OC[C@@H](O)CO)cc1. The van der Waals surface area contributed by atoms with Crippen LogP contribution >= 0.6 is 11.8 Å². The predicted octanol–water partition coefficient (Wildman–Crippen LogP) is 4.88. The van der Waals surface area contributed by atoms with Gasteiger partial charge in [-0.3, -0.25) is 0 Å². The van der Waals surface area contributed by atoms with Gasteiger partial charge in [0, 0.05) is 16.9 Å². The Morgan fingerprint density at radius 3 is 2.50 bits per heavy atom. The summed E-state index contributed by atoms with van der Waals surface area (Å²) in [6.45, 7) is 8.88. The molecule has 0 saturated heterocycles. The van der Waals surface area contributed by atoms with E-state index in [-0.39, 0.29) is 29.5 Å². The number of oxazole rings is 1. The first kappa shape index (κ1) is 26.6. The van der Waals surface area contributed by atoms with Gasteiger partial charge in [-0.15, -0.1) is 0 Å². The zero-order valence-corrected chi connectivity index (χ0v) is 21.0. The van der Waals surface area contributed by atoms with E-state index in [9.17, 15) is 14.8 Å². The van der Waals surface area contributed by atoms with Gasteiger partial charge in [0.1, 0.15) is 47.0 Å². The van der Waals surface area contributed by atoms with Crippen molar-refractivity contribution in [2.24, 2.45) is 0 Å². The van der Waals surface area contributed by atoms with Crippen molar-refractivity contribution in [2.45, 2.75) is 23.8 Å². The van der Waals surface area contributed by atoms with Gasteiger partial charge in [0.2, 0.25) is 11.6 Å². The number of thioether (sulfide) groups is 1. The molecule has 4 N–H and O–H groups in total. The highest BCUT2D eigenvalue weighted by molar-refractivity contribution is 7.98. The molecule has 0 aliphatic rings. The second-order valence-electron chi connectivity index (χ2n) is 8.11. The lowest BCUT2D eigenvalue weighted by atomic mass is 10.00. The van der Waals surface area contributed by atoms with E-state index in [0.29, 0.717) is 50.6 Å². The number of nitrogens with zero attached hydrogens (tertiary/aromatic N) is 4. The number of rotatable bonds is 9. The number of halogens is 1. The maximum atomic E-state index is 13.3. The maximum absolute atomic E-state index is 13.3. The topological polar surface area (TPSA) is 143 Å². The highest BCUT2D eigenvalue weighted by atomic mass is 32.2. The number of nitrogens with two attached hydrogens (primary N) is 1. The number of aliphatic hydroxyl groups is 2. The van der Waals surface area contributed by atoms with Gasteiger partial charge in [0.15, 0.2) is 0 Å². The summed E-state index contributed by atoms with van der Waals surface area (Å²) in [6, 6.07) is 14.6. The molecule has 0 spiro atoms. The third kappa shape index (κ3) is 5.76. The highest BCUT2D eigenvalue weighted by Crippen LogP contribution is 2.42. The van der Waals surface area contributed by atoms with Crippen LogP contribution < -0.4 is 10.5 Å². The molecule has 1 atom stereocenters. The fraction of sp³-hybridized carbons (Fsp3) is 0.185. The van der Waals surface area contributed by atoms with Gasteiger partial charge in [0.05, 0.1) is 24.4 Å². The van der Waals surface area contributed by atoms with Crippen LogP contribution in [0.15, 0.2) is 58.0 Å². The average molecular weight is 532 g/mol. The van der Waals surface area contributed by atoms with Gasteiger partial charge >= 0.3 is 0 Å². The number of nitriles is 1. The molecular weight excluding hydrogens is 509 g/mol. The van der Waals surface area contributed by atoms with E-state index in [4.69, 9.17) is 26.6 Å². The number of aromatic nitrogens is 2. The predicted molar refractivity (Wildman–Crippen MR) is 140 cm³/mol. The molecule has 0 unspecified atom stereocenters. The van der Waals surface area contributed by atoms with Crippen molar-refractivity contribution in [2.75, 3.05) is 18.9 Å². The Bertz CT molecular complexity index is 1530. The molecule has 0 saturated carbocycles. The van der Waals surface area contributed by atoms with E-state index >= 15 is 0 Å². The van der Waals surface area contributed by atoms with Crippen LogP contribution in [0, 0.1) is 30.6 Å². The number of benzene rings is 2. The van der Waals surface area contributed by atoms with Crippen LogP contribution in [-0.2, 0) is 5.75 Å². The van der Waals surface area contributed by atoms with Crippen LogP contribution in [0.5, 0.6) is 5.75 Å². The molecule has 2 heterocycles. The molecule has 0 aliphatic carbocycles. The van der Waals surface area contributed by atoms with Gasteiger partial charge in [-0.1, -0.05) is 23.9 Å². The number of aliphatic hydroxyl groups excluding tert-OH is 2. The number of ether oxygens (including phenoxy) is 1. The molecule has 9 nitrogen and oxygen atoms in total. The quantitative estimate of drug-likeness (QED) is 0.203. The van der Waals surface area contributed by atoms with E-state index in [1.807, 2.05) is 0 Å². The minimum absolute atomic E-state index is 0.00762. The van der Waals surface area contributed by atoms with Crippen molar-refractivity contribution in [1.29, 1.82) is 5.26 Å². The molecule has 0 bridgehead atoms. The standard InChI is InChI=1S/C27H22FN5O4S/c1-15-22(32-26(37-15)17-3-7-18(28)8-4-17)14-38-27-21(11-29)23(24(31-2)25(30)33-27)16-5-9-20(10-6-16)36-13-19(35)12-34/h3-10,19,34-35H,12-14H2,1H3,(H2,30,33)/t19-/m0/s1. The fourth-order valence-electron chi connectivity index (χ4n) is 3.55. The lowest BCUT2D eigenvalue weighted by Crippen LogP contribution is -2.21. The Morgan fingerprint density at radius 1 is 1.18 bits per heavy atom. The molecule has 4 aromatic rings. The van der Waals surface area contributed by atoms with Crippen molar-refractivity contribution in [3.05, 3.63) is 82.8 Å². The molecule has 4 rings (SSSR count). The summed E-state index contributed by atoms with van der Waals surface area (Å²) in [7, 11) is 0. The van der Waals surface area contributed by atoms with E-state index in [1.54, 1.807) is 43.3 Å². The summed E-state index contributed by atoms with van der Waals surface area (Å²) >= 11 is 1.23. The molecule has 192 valence electrons. The lowest BCUT2D eigenvalue weighted by molar-refractivity contribution is 0.0536. The highest BCUT2D eigenvalue weighted by Gasteiger charge is 2.22. The zero-order chi connectivity index (χ0) is 27.2. The van der Waals surface area contributed by atoms with E-state index in [1.165, 1.54) is 23.9 Å². The van der Waals surface area contributed by atoms with Crippen LogP contribution in [0.1, 0.15) is 17.0 Å². The molecule has 0 fully saturated rings. The number of hydrogen-bond donors (Lipinski definition) is 3. The summed E-state index contributed by atoms with van der Waals surface area (Å²) in [5.74, 6) is 1.31. The molecule has 11 heteroatoms. The normalized spacial score (nSPS) is 11.5. The second-order valence-corrected chi connectivity index (χ2v) is 9.08. The molecule has 0 aliphatic heterocycles. The van der Waals surface area contributed by atoms with Gasteiger partial charge in [-0.2, -0.15) is 5.26 Å². The Kier molecular flexibility index (Phi) is 8.24. The Labute approximate surface area is 222 Å². The summed E-state index contributed by atoms with van der Waals surface area (Å²) in [4.78, 5) is 12.4. The Morgan fingerprint density at radius 2 is 1.87 bits per heavy atom. The van der Waals surface area contributed by atoms with Crippen molar-refractivity contribution < 1.29 is 23.8 Å². The third-order valence-corrected chi connectivity index (χ3v) is 6.50. The monoisotopic (exact) mass is 531 g/mol. The summed E-state index contributed by atoms with van der Waals surface area (Å²) in [6.07, 6.45) is -1.01. The molecular formula is C27H22FN5O4S. The van der Waals surface area contributed by atoms with Gasteiger partial charge in [0.25, 0.3) is 0 Å². The van der Waals surface area contributed by atoms with Gasteiger partial charge in [-0.05, 0) is 48.9 Å². The molecule has 0 amide bonds. The van der Waals surface area contributed by atoms with Gasteiger partial charge in [-0.25, -0.2) is 19.2 Å². The minimum atomic E-state index is -1.01. The average Bonchev–Trinajstić information content (AvgIpc) is 3.30. The largest absolute Gasteiger partial charge is 0.491 e. The molecule has 2 aromatic carbocycles. The second kappa shape index (κ2) is 11.8. The van der Waals surface area contributed by atoms with Crippen molar-refractivity contribution in [3.8, 4) is 34.4 Å². The van der Waals surface area contributed by atoms with Crippen LogP contribution in [0.4, 0.5) is 15.9 Å². The summed E-state index contributed by atoms with van der Waals surface area (Å²) in [5.41, 5.74) is 8.55. The molecule has 2 aromatic heterocycles. The number of anilines is 1. The van der Waals surface area contributed by atoms with E-state index < -0.39 is 12.7 Å². The zero-order valence-electron chi connectivity index (χ0n) is 20.2. The minimum Gasteiger partial charge on any atom is -0.491 e. The number of hydrogen-bond acceptors (Lipinski definition) is 9. The van der Waals surface area contributed by atoms with Crippen LogP contribution in [0.3, 0.4) is 0 Å². The maximum Gasteiger partial charge on any atom is 0.236 e. The smallest absolute Gasteiger partial charge is 0.236 e. The molecule has 38 heavy (non-hydrogen) atoms. The lowest BCUT2D eigenvalue weighted by Gasteiger charge is -2.14. The fourth-order valence-corrected chi connectivity index (χ4v) is 4.55. The Hall–Kier alpha value is -4.42. The van der Waals surface area contributed by atoms with Gasteiger partial charge < -0.3 is 25.1 Å². The van der Waals surface area contributed by atoms with Crippen molar-refractivity contribution >= 4 is 23.3 Å². The Balaban J connectivity index is 1.63. The third-order valence-electron chi connectivity index (χ3n) is 5.51. The molecule has 0 radical (unpaired) electrons. The number of nitrogen functional groups attached to an aromatic ring is 1.